The lowest BCUT2D eigenvalue weighted by atomic mass is 10.0. The molecule has 0 saturated carbocycles. The number of nitrogens with one attached hydrogen (secondary N) is 1. The van der Waals surface area contributed by atoms with Crippen molar-refractivity contribution in [2.75, 3.05) is 57.7 Å². The smallest absolute Gasteiger partial charge is 0.254 e. The first-order chi connectivity index (χ1) is 18.3. The summed E-state index contributed by atoms with van der Waals surface area (Å²) in [7, 11) is 4.99. The molecule has 0 spiro atoms. The SMILES string of the molecule is COc1cc(N2CCN(C(C)=O)CC2)c(OC)cc1Nc1ncc(Cl)c(-c2ccc3c(c2)C(=O)N(C)C3)n1. The predicted molar refractivity (Wildman–Crippen MR) is 146 cm³/mol. The maximum absolute atomic E-state index is 12.5. The molecule has 1 aromatic heterocycles. The lowest BCUT2D eigenvalue weighted by Gasteiger charge is -2.36. The zero-order chi connectivity index (χ0) is 27.0. The lowest BCUT2D eigenvalue weighted by Crippen LogP contribution is -2.48. The molecule has 198 valence electrons. The topological polar surface area (TPSA) is 100 Å². The van der Waals surface area contributed by atoms with Gasteiger partial charge in [0, 0.05) is 70.0 Å². The van der Waals surface area contributed by atoms with Crippen molar-refractivity contribution >= 4 is 40.7 Å². The van der Waals surface area contributed by atoms with Crippen molar-refractivity contribution in [3.05, 3.63) is 52.7 Å². The van der Waals surface area contributed by atoms with Crippen LogP contribution in [-0.2, 0) is 11.3 Å². The molecule has 2 aliphatic heterocycles. The molecule has 2 amide bonds. The highest BCUT2D eigenvalue weighted by molar-refractivity contribution is 6.33. The Bertz CT molecular complexity index is 1410. The van der Waals surface area contributed by atoms with E-state index in [1.54, 1.807) is 33.1 Å². The Kier molecular flexibility index (Phi) is 6.98. The first kappa shape index (κ1) is 25.6. The molecule has 3 heterocycles. The molecule has 2 aliphatic rings. The minimum absolute atomic E-state index is 0.0231. The highest BCUT2D eigenvalue weighted by Crippen LogP contribution is 2.40. The van der Waals surface area contributed by atoms with Crippen LogP contribution in [0.15, 0.2) is 36.5 Å². The maximum atomic E-state index is 12.5. The highest BCUT2D eigenvalue weighted by Gasteiger charge is 2.26. The molecule has 3 aromatic rings. The molecule has 0 bridgehead atoms. The molecular formula is C27H29ClN6O4. The largest absolute Gasteiger partial charge is 0.494 e. The van der Waals surface area contributed by atoms with Crippen molar-refractivity contribution in [3.63, 3.8) is 0 Å². The Labute approximate surface area is 226 Å². The van der Waals surface area contributed by atoms with Gasteiger partial charge in [-0.1, -0.05) is 23.7 Å². The van der Waals surface area contributed by atoms with Gasteiger partial charge < -0.3 is 29.5 Å². The molecule has 1 N–H and O–H groups in total. The summed E-state index contributed by atoms with van der Waals surface area (Å²) in [6.07, 6.45) is 1.53. The van der Waals surface area contributed by atoms with E-state index in [1.807, 2.05) is 35.2 Å². The van der Waals surface area contributed by atoms with E-state index < -0.39 is 0 Å². The number of methoxy groups -OCH3 is 2. The van der Waals surface area contributed by atoms with Crippen LogP contribution in [0.3, 0.4) is 0 Å². The molecule has 38 heavy (non-hydrogen) atoms. The van der Waals surface area contributed by atoms with Crippen LogP contribution >= 0.6 is 11.6 Å². The summed E-state index contributed by atoms with van der Waals surface area (Å²) >= 11 is 6.47. The third-order valence-corrected chi connectivity index (χ3v) is 7.20. The van der Waals surface area contributed by atoms with Gasteiger partial charge in [0.05, 0.1) is 42.5 Å². The number of rotatable bonds is 6. The number of benzene rings is 2. The molecule has 0 aliphatic carbocycles. The van der Waals surface area contributed by atoms with Crippen LogP contribution in [0.4, 0.5) is 17.3 Å². The number of hydrogen-bond donors (Lipinski definition) is 1. The Hall–Kier alpha value is -4.05. The summed E-state index contributed by atoms with van der Waals surface area (Å²) in [5.74, 6) is 1.61. The molecule has 1 fully saturated rings. The van der Waals surface area contributed by atoms with E-state index >= 15 is 0 Å². The van der Waals surface area contributed by atoms with Crippen LogP contribution in [0, 0.1) is 0 Å². The van der Waals surface area contributed by atoms with Crippen molar-refractivity contribution in [1.82, 2.24) is 19.8 Å². The van der Waals surface area contributed by atoms with E-state index in [0.717, 1.165) is 16.8 Å². The number of piperazine rings is 1. The fraction of sp³-hybridized carbons (Fsp3) is 0.333. The highest BCUT2D eigenvalue weighted by atomic mass is 35.5. The molecule has 0 atom stereocenters. The molecular weight excluding hydrogens is 508 g/mol. The summed E-state index contributed by atoms with van der Waals surface area (Å²) in [4.78, 5) is 38.9. The summed E-state index contributed by atoms with van der Waals surface area (Å²) in [6, 6.07) is 9.41. The van der Waals surface area contributed by atoms with Crippen LogP contribution in [0.1, 0.15) is 22.8 Å². The zero-order valence-electron chi connectivity index (χ0n) is 21.7. The monoisotopic (exact) mass is 536 g/mol. The minimum Gasteiger partial charge on any atom is -0.494 e. The van der Waals surface area contributed by atoms with E-state index in [9.17, 15) is 9.59 Å². The van der Waals surface area contributed by atoms with E-state index in [-0.39, 0.29) is 11.8 Å². The quantitative estimate of drug-likeness (QED) is 0.507. The molecule has 1 saturated heterocycles. The predicted octanol–water partition coefficient (Wildman–Crippen LogP) is 3.81. The Morgan fingerprint density at radius 1 is 1.05 bits per heavy atom. The second kappa shape index (κ2) is 10.4. The number of anilines is 3. The van der Waals surface area contributed by atoms with Crippen molar-refractivity contribution in [2.45, 2.75) is 13.5 Å². The normalized spacial score (nSPS) is 15.0. The average molecular weight is 537 g/mol. The first-order valence-electron chi connectivity index (χ1n) is 12.2. The number of hydrogen-bond acceptors (Lipinski definition) is 8. The first-order valence-corrected chi connectivity index (χ1v) is 12.6. The third-order valence-electron chi connectivity index (χ3n) is 6.93. The fourth-order valence-electron chi connectivity index (χ4n) is 4.83. The van der Waals surface area contributed by atoms with Crippen molar-refractivity contribution in [3.8, 4) is 22.8 Å². The van der Waals surface area contributed by atoms with Gasteiger partial charge in [-0.25, -0.2) is 9.97 Å². The van der Waals surface area contributed by atoms with Gasteiger partial charge in [-0.05, 0) is 11.6 Å². The number of carbonyl (C=O) groups is 2. The number of halogens is 1. The zero-order valence-corrected chi connectivity index (χ0v) is 22.5. The molecule has 0 unspecified atom stereocenters. The van der Waals surface area contributed by atoms with Crippen molar-refractivity contribution in [1.29, 1.82) is 0 Å². The van der Waals surface area contributed by atoms with Crippen LogP contribution in [0.25, 0.3) is 11.3 Å². The Balaban J connectivity index is 1.43. The number of nitrogens with zero attached hydrogens (tertiary/aromatic N) is 5. The van der Waals surface area contributed by atoms with E-state index in [4.69, 9.17) is 21.1 Å². The van der Waals surface area contributed by atoms with Crippen molar-refractivity contribution in [2.24, 2.45) is 0 Å². The van der Waals surface area contributed by atoms with Crippen LogP contribution in [0.2, 0.25) is 5.02 Å². The average Bonchev–Trinajstić information content (AvgIpc) is 3.21. The summed E-state index contributed by atoms with van der Waals surface area (Å²) in [5.41, 5.74) is 4.37. The van der Waals surface area contributed by atoms with Gasteiger partial charge in [-0.2, -0.15) is 0 Å². The van der Waals surface area contributed by atoms with Gasteiger partial charge >= 0.3 is 0 Å². The fourth-order valence-corrected chi connectivity index (χ4v) is 5.03. The second-order valence-electron chi connectivity index (χ2n) is 9.27. The minimum atomic E-state index is -0.0231. The van der Waals surface area contributed by atoms with Crippen LogP contribution < -0.4 is 19.7 Å². The summed E-state index contributed by atoms with van der Waals surface area (Å²) in [5, 5.41) is 3.60. The van der Waals surface area contributed by atoms with E-state index in [2.05, 4.69) is 20.2 Å². The van der Waals surface area contributed by atoms with Crippen LogP contribution in [0.5, 0.6) is 11.5 Å². The summed E-state index contributed by atoms with van der Waals surface area (Å²) in [6.45, 7) is 4.85. The number of carbonyl (C=O) groups excluding carboxylic acids is 2. The number of fused-ring (bicyclic) bond motifs is 1. The van der Waals surface area contributed by atoms with Gasteiger partial charge in [0.25, 0.3) is 5.91 Å². The van der Waals surface area contributed by atoms with E-state index in [0.29, 0.717) is 72.1 Å². The maximum Gasteiger partial charge on any atom is 0.254 e. The standard InChI is InChI=1S/C27H29ClN6O4/c1-16(35)33-7-9-34(10-8-33)22-13-23(37-3)21(12-24(22)38-4)30-27-29-14-20(28)25(31-27)17-5-6-18-15-32(2)26(36)19(18)11-17/h5-6,11-14H,7-10,15H2,1-4H3,(H,29,30,31). The van der Waals surface area contributed by atoms with Gasteiger partial charge in [0.15, 0.2) is 0 Å². The van der Waals surface area contributed by atoms with Gasteiger partial charge in [0.2, 0.25) is 11.9 Å². The van der Waals surface area contributed by atoms with Gasteiger partial charge in [-0.3, -0.25) is 9.59 Å². The molecule has 5 rings (SSSR count). The number of aromatic nitrogens is 2. The summed E-state index contributed by atoms with van der Waals surface area (Å²) < 4.78 is 11.4. The molecule has 2 aromatic carbocycles. The molecule has 10 nitrogen and oxygen atoms in total. The lowest BCUT2D eigenvalue weighted by molar-refractivity contribution is -0.129. The number of amides is 2. The van der Waals surface area contributed by atoms with E-state index in [1.165, 1.54) is 6.20 Å². The number of ether oxygens (including phenoxy) is 2. The third kappa shape index (κ3) is 4.79. The Morgan fingerprint density at radius 3 is 2.47 bits per heavy atom. The second-order valence-corrected chi connectivity index (χ2v) is 9.67. The van der Waals surface area contributed by atoms with Crippen molar-refractivity contribution < 1.29 is 19.1 Å². The van der Waals surface area contributed by atoms with Gasteiger partial charge in [-0.15, -0.1) is 0 Å². The van der Waals surface area contributed by atoms with Gasteiger partial charge in [0.1, 0.15) is 11.5 Å². The Morgan fingerprint density at radius 2 is 1.79 bits per heavy atom. The molecule has 11 heteroatoms. The van der Waals surface area contributed by atoms with Crippen LogP contribution in [-0.4, -0.2) is 79.0 Å². The molecule has 0 radical (unpaired) electrons.